The molecule has 1 N–H and O–H groups in total. The van der Waals surface area contributed by atoms with Gasteiger partial charge in [0.05, 0.1) is 10.5 Å². The summed E-state index contributed by atoms with van der Waals surface area (Å²) in [6, 6.07) is 2.66. The molecule has 92 valence electrons. The van der Waals surface area contributed by atoms with Gasteiger partial charge in [-0.25, -0.2) is 0 Å². The Morgan fingerprint density at radius 1 is 1.50 bits per heavy atom. The molecule has 1 heterocycles. The first kappa shape index (κ1) is 11.9. The molecule has 2 rings (SSSR count). The molecule has 0 bridgehead atoms. The lowest BCUT2D eigenvalue weighted by molar-refractivity contribution is -0.384. The van der Waals surface area contributed by atoms with Crippen molar-refractivity contribution in [3.05, 3.63) is 33.4 Å². The predicted molar refractivity (Wildman–Crippen MR) is 61.4 cm³/mol. The predicted octanol–water partition coefficient (Wildman–Crippen LogP) is 1.50. The second-order valence-corrected chi connectivity index (χ2v) is 3.84. The summed E-state index contributed by atoms with van der Waals surface area (Å²) in [5.41, 5.74) is 0.120. The van der Waals surface area contributed by atoms with Gasteiger partial charge in [-0.3, -0.25) is 24.7 Å². The second-order valence-electron chi connectivity index (χ2n) is 3.84. The largest absolute Gasteiger partial charge is 0.480 e. The highest BCUT2D eigenvalue weighted by atomic mass is 16.6. The van der Waals surface area contributed by atoms with Crippen LogP contribution in [0.5, 0.6) is 0 Å². The lowest BCUT2D eigenvalue weighted by Crippen LogP contribution is -2.28. The number of nitro benzene ring substituents is 1. The van der Waals surface area contributed by atoms with Crippen molar-refractivity contribution >= 4 is 29.3 Å². The van der Waals surface area contributed by atoms with Gasteiger partial charge in [-0.1, -0.05) is 6.07 Å². The first-order valence-corrected chi connectivity index (χ1v) is 5.02. The van der Waals surface area contributed by atoms with Gasteiger partial charge in [-0.2, -0.15) is 0 Å². The monoisotopic (exact) mass is 248 g/mol. The summed E-state index contributed by atoms with van der Waals surface area (Å²) in [6.07, 6.45) is 0.930. The Morgan fingerprint density at radius 2 is 2.17 bits per heavy atom. The van der Waals surface area contributed by atoms with Gasteiger partial charge < -0.3 is 5.11 Å². The highest BCUT2D eigenvalue weighted by Gasteiger charge is 2.35. The van der Waals surface area contributed by atoms with Gasteiger partial charge in [-0.05, 0) is 12.5 Å². The van der Waals surface area contributed by atoms with Crippen LogP contribution in [0, 0.1) is 23.0 Å². The minimum atomic E-state index is -1.38. The number of carboxylic acids is 1. The van der Waals surface area contributed by atoms with E-state index in [0.717, 1.165) is 6.21 Å². The molecule has 7 heteroatoms. The third kappa shape index (κ3) is 1.65. The molecule has 1 unspecified atom stereocenters. The lowest BCUT2D eigenvalue weighted by atomic mass is 9.91. The second kappa shape index (κ2) is 4.02. The third-order valence-corrected chi connectivity index (χ3v) is 2.71. The van der Waals surface area contributed by atoms with Gasteiger partial charge >= 0.3 is 5.97 Å². The first-order valence-electron chi connectivity index (χ1n) is 5.02. The Balaban J connectivity index is 2.69. The van der Waals surface area contributed by atoms with Crippen LogP contribution in [0.2, 0.25) is 0 Å². The number of Topliss-reactive ketones (excluding diaryl/α,β-unsaturated/α-hetero) is 1. The van der Waals surface area contributed by atoms with E-state index < -0.39 is 22.6 Å². The average molecular weight is 248 g/mol. The van der Waals surface area contributed by atoms with Crippen LogP contribution in [0.25, 0.3) is 0 Å². The number of aliphatic carboxylic acids is 1. The van der Waals surface area contributed by atoms with Gasteiger partial charge in [0.25, 0.3) is 5.69 Å². The highest BCUT2D eigenvalue weighted by Crippen LogP contribution is 2.37. The number of nitro groups is 1. The van der Waals surface area contributed by atoms with Crippen LogP contribution in [0.3, 0.4) is 0 Å². The molecular formula is C11H8N2O5. The molecule has 0 aromatic heterocycles. The maximum Gasteiger partial charge on any atom is 0.319 e. The zero-order valence-corrected chi connectivity index (χ0v) is 9.28. The van der Waals surface area contributed by atoms with Crippen LogP contribution in [0.1, 0.15) is 15.9 Å². The summed E-state index contributed by atoms with van der Waals surface area (Å²) in [6.45, 7) is 1.58. The molecule has 0 aliphatic carbocycles. The van der Waals surface area contributed by atoms with Crippen LogP contribution in [-0.4, -0.2) is 28.0 Å². The van der Waals surface area contributed by atoms with E-state index in [4.69, 9.17) is 5.11 Å². The van der Waals surface area contributed by atoms with Gasteiger partial charge in [0.1, 0.15) is 0 Å². The number of ketones is 1. The van der Waals surface area contributed by atoms with E-state index in [-0.39, 0.29) is 16.9 Å². The molecular weight excluding hydrogens is 240 g/mol. The van der Waals surface area contributed by atoms with Crippen molar-refractivity contribution in [2.45, 2.75) is 6.92 Å². The molecule has 0 radical (unpaired) electrons. The summed E-state index contributed by atoms with van der Waals surface area (Å²) >= 11 is 0. The molecule has 0 saturated heterocycles. The Morgan fingerprint density at radius 3 is 2.72 bits per heavy atom. The number of carbonyl (C=O) groups excluding carboxylic acids is 1. The van der Waals surface area contributed by atoms with Crippen molar-refractivity contribution in [2.24, 2.45) is 10.9 Å². The maximum atomic E-state index is 12.0. The number of benzene rings is 1. The Kier molecular flexibility index (Phi) is 2.66. The summed E-state index contributed by atoms with van der Waals surface area (Å²) < 4.78 is 0. The van der Waals surface area contributed by atoms with Crippen LogP contribution < -0.4 is 0 Å². The van der Waals surface area contributed by atoms with Crippen LogP contribution in [-0.2, 0) is 4.79 Å². The molecule has 0 amide bonds. The Hall–Kier alpha value is -2.57. The van der Waals surface area contributed by atoms with E-state index in [2.05, 4.69) is 4.99 Å². The van der Waals surface area contributed by atoms with E-state index in [0.29, 0.717) is 5.56 Å². The fourth-order valence-corrected chi connectivity index (χ4v) is 1.82. The van der Waals surface area contributed by atoms with Crippen molar-refractivity contribution in [3.63, 3.8) is 0 Å². The molecule has 1 aromatic rings. The topological polar surface area (TPSA) is 110 Å². The molecule has 1 aromatic carbocycles. The number of carbonyl (C=O) groups is 2. The summed E-state index contributed by atoms with van der Waals surface area (Å²) in [7, 11) is 0. The van der Waals surface area contributed by atoms with E-state index >= 15 is 0 Å². The molecule has 18 heavy (non-hydrogen) atoms. The van der Waals surface area contributed by atoms with Crippen molar-refractivity contribution in [2.75, 3.05) is 0 Å². The molecule has 1 aliphatic heterocycles. The van der Waals surface area contributed by atoms with Gasteiger partial charge in [0.15, 0.2) is 17.4 Å². The highest BCUT2D eigenvalue weighted by molar-refractivity contribution is 6.23. The average Bonchev–Trinajstić information content (AvgIpc) is 2.28. The Bertz CT molecular complexity index is 606. The molecule has 7 nitrogen and oxygen atoms in total. The summed E-state index contributed by atoms with van der Waals surface area (Å²) in [5, 5.41) is 19.7. The van der Waals surface area contributed by atoms with Gasteiger partial charge in [0.2, 0.25) is 0 Å². The smallest absolute Gasteiger partial charge is 0.319 e. The first-order chi connectivity index (χ1) is 8.43. The zero-order valence-electron chi connectivity index (χ0n) is 9.28. The van der Waals surface area contributed by atoms with Crippen molar-refractivity contribution in [3.8, 4) is 0 Å². The van der Waals surface area contributed by atoms with E-state index in [1.807, 2.05) is 0 Å². The fraction of sp³-hybridized carbons (Fsp3) is 0.182. The standard InChI is InChI=1S/C11H8N2O5/c1-5-2-3-7(13(17)18)9-8(5)10(14)6(4-12-9)11(15)16/h2-4,6H,1H3,(H,15,16). The minimum absolute atomic E-state index is 0.0131. The molecule has 1 aliphatic rings. The van der Waals surface area contributed by atoms with Gasteiger partial charge in [-0.15, -0.1) is 0 Å². The van der Waals surface area contributed by atoms with Crippen molar-refractivity contribution < 1.29 is 19.6 Å². The van der Waals surface area contributed by atoms with Crippen molar-refractivity contribution in [1.82, 2.24) is 0 Å². The normalized spacial score (nSPS) is 17.4. The quantitative estimate of drug-likeness (QED) is 0.484. The molecule has 0 spiro atoms. The van der Waals surface area contributed by atoms with Crippen LogP contribution in [0.4, 0.5) is 11.4 Å². The molecule has 0 saturated carbocycles. The fourth-order valence-electron chi connectivity index (χ4n) is 1.82. The SMILES string of the molecule is Cc1ccc([N+](=O)[O-])c2c1C(=O)C(C(=O)O)C=N2. The van der Waals surface area contributed by atoms with E-state index in [1.165, 1.54) is 12.1 Å². The summed E-state index contributed by atoms with van der Waals surface area (Å²) in [4.78, 5) is 36.7. The third-order valence-electron chi connectivity index (χ3n) is 2.71. The van der Waals surface area contributed by atoms with Crippen molar-refractivity contribution in [1.29, 1.82) is 0 Å². The van der Waals surface area contributed by atoms with E-state index in [9.17, 15) is 19.7 Å². The minimum Gasteiger partial charge on any atom is -0.480 e. The van der Waals surface area contributed by atoms with Crippen LogP contribution >= 0.6 is 0 Å². The number of nitrogens with zero attached hydrogens (tertiary/aromatic N) is 2. The Labute approximate surface area is 101 Å². The molecule has 0 fully saturated rings. The summed E-state index contributed by atoms with van der Waals surface area (Å²) in [5.74, 6) is -3.37. The zero-order chi connectivity index (χ0) is 13.4. The molecule has 1 atom stereocenters. The lowest BCUT2D eigenvalue weighted by Gasteiger charge is -2.15. The van der Waals surface area contributed by atoms with Gasteiger partial charge in [0, 0.05) is 12.3 Å². The van der Waals surface area contributed by atoms with Crippen LogP contribution in [0.15, 0.2) is 17.1 Å². The number of rotatable bonds is 2. The number of aliphatic imine (C=N–C) groups is 1. The number of aryl methyl sites for hydroxylation is 1. The number of fused-ring (bicyclic) bond motifs is 1. The number of hydrogen-bond donors (Lipinski definition) is 1. The van der Waals surface area contributed by atoms with E-state index in [1.54, 1.807) is 6.92 Å². The number of hydrogen-bond acceptors (Lipinski definition) is 5. The number of carboxylic acid groups (broad SMARTS) is 1. The maximum absolute atomic E-state index is 12.0.